The molecular formula is C15H27N3O2. The molecule has 0 radical (unpaired) electrons. The maximum atomic E-state index is 11.0. The lowest BCUT2D eigenvalue weighted by Crippen LogP contribution is -2.25. The van der Waals surface area contributed by atoms with Crippen molar-refractivity contribution in [2.75, 3.05) is 33.7 Å². The van der Waals surface area contributed by atoms with Crippen LogP contribution in [-0.2, 0) is 9.59 Å². The molecule has 5 nitrogen and oxygen atoms in total. The van der Waals surface area contributed by atoms with Gasteiger partial charge in [0.2, 0.25) is 11.8 Å². The molecule has 1 fully saturated rings. The largest absolute Gasteiger partial charge is 0.353 e. The molecule has 0 aromatic carbocycles. The molecule has 1 atom stereocenters. The molecule has 1 N–H and O–H groups in total. The first-order valence-corrected chi connectivity index (χ1v) is 6.90. The summed E-state index contributed by atoms with van der Waals surface area (Å²) in [4.78, 5) is 25.4. The number of nitrogens with zero attached hydrogens (tertiary/aromatic N) is 2. The number of hydrogen-bond acceptors (Lipinski definition) is 3. The Morgan fingerprint density at radius 2 is 2.15 bits per heavy atom. The van der Waals surface area contributed by atoms with Crippen molar-refractivity contribution in [1.82, 2.24) is 15.1 Å². The summed E-state index contributed by atoms with van der Waals surface area (Å²) in [5, 5.41) is 2.70. The average molecular weight is 281 g/mol. The van der Waals surface area contributed by atoms with E-state index in [-0.39, 0.29) is 17.7 Å². The van der Waals surface area contributed by atoms with Crippen LogP contribution in [0.15, 0.2) is 25.4 Å². The van der Waals surface area contributed by atoms with E-state index in [1.807, 2.05) is 21.0 Å². The summed E-state index contributed by atoms with van der Waals surface area (Å²) in [6.07, 6.45) is 4.85. The van der Waals surface area contributed by atoms with Crippen molar-refractivity contribution in [2.45, 2.75) is 19.8 Å². The molecule has 0 aliphatic carbocycles. The van der Waals surface area contributed by atoms with Gasteiger partial charge in [0.05, 0.1) is 0 Å². The van der Waals surface area contributed by atoms with Crippen molar-refractivity contribution in [1.29, 1.82) is 0 Å². The molecule has 2 amide bonds. The smallest absolute Gasteiger partial charge is 0.243 e. The molecule has 0 spiro atoms. The zero-order chi connectivity index (χ0) is 15.5. The zero-order valence-corrected chi connectivity index (χ0v) is 12.9. The minimum Gasteiger partial charge on any atom is -0.353 e. The van der Waals surface area contributed by atoms with Crippen LogP contribution in [0.1, 0.15) is 19.8 Å². The molecule has 5 heteroatoms. The van der Waals surface area contributed by atoms with E-state index in [0.717, 1.165) is 32.5 Å². The highest BCUT2D eigenvalue weighted by atomic mass is 16.2. The summed E-state index contributed by atoms with van der Waals surface area (Å²) >= 11 is 0. The van der Waals surface area contributed by atoms with Crippen molar-refractivity contribution in [3.63, 3.8) is 0 Å². The van der Waals surface area contributed by atoms with Gasteiger partial charge in [-0.05, 0) is 45.8 Å². The van der Waals surface area contributed by atoms with E-state index in [0.29, 0.717) is 0 Å². The fourth-order valence-electron chi connectivity index (χ4n) is 1.71. The Kier molecular flexibility index (Phi) is 9.38. The summed E-state index contributed by atoms with van der Waals surface area (Å²) in [6.45, 7) is 11.4. The molecule has 1 aliphatic rings. The third-order valence-electron chi connectivity index (χ3n) is 2.99. The first kappa shape index (κ1) is 18.4. The minimum absolute atomic E-state index is 0.0937. The Morgan fingerprint density at radius 3 is 2.50 bits per heavy atom. The van der Waals surface area contributed by atoms with Crippen molar-refractivity contribution in [2.24, 2.45) is 5.92 Å². The highest BCUT2D eigenvalue weighted by Crippen LogP contribution is 2.16. The molecular weight excluding hydrogens is 254 g/mol. The van der Waals surface area contributed by atoms with Gasteiger partial charge in [0.1, 0.15) is 0 Å². The summed E-state index contributed by atoms with van der Waals surface area (Å²) < 4.78 is 0. The van der Waals surface area contributed by atoms with Gasteiger partial charge in [0.15, 0.2) is 0 Å². The zero-order valence-electron chi connectivity index (χ0n) is 12.9. The number of nitrogens with one attached hydrogen (secondary N) is 1. The molecule has 0 saturated carbocycles. The second-order valence-corrected chi connectivity index (χ2v) is 5.06. The number of rotatable bonds is 6. The van der Waals surface area contributed by atoms with E-state index in [1.165, 1.54) is 6.08 Å². The third-order valence-corrected chi connectivity index (χ3v) is 2.99. The first-order chi connectivity index (χ1) is 9.42. The van der Waals surface area contributed by atoms with Crippen molar-refractivity contribution in [3.05, 3.63) is 25.4 Å². The van der Waals surface area contributed by atoms with Gasteiger partial charge < -0.3 is 15.1 Å². The number of hydrogen-bond donors (Lipinski definition) is 1. The van der Waals surface area contributed by atoms with Gasteiger partial charge in [-0.15, -0.1) is 0 Å². The van der Waals surface area contributed by atoms with Crippen LogP contribution < -0.4 is 5.32 Å². The monoisotopic (exact) mass is 281 g/mol. The van der Waals surface area contributed by atoms with Crippen LogP contribution in [-0.4, -0.2) is 55.3 Å². The highest BCUT2D eigenvalue weighted by molar-refractivity contribution is 5.86. The number of amides is 2. The van der Waals surface area contributed by atoms with Crippen LogP contribution >= 0.6 is 0 Å². The van der Waals surface area contributed by atoms with Gasteiger partial charge in [-0.2, -0.15) is 0 Å². The van der Waals surface area contributed by atoms with E-state index < -0.39 is 0 Å². The molecule has 20 heavy (non-hydrogen) atoms. The van der Waals surface area contributed by atoms with Gasteiger partial charge >= 0.3 is 0 Å². The van der Waals surface area contributed by atoms with E-state index in [9.17, 15) is 9.59 Å². The molecule has 1 heterocycles. The lowest BCUT2D eigenvalue weighted by atomic mass is 10.1. The van der Waals surface area contributed by atoms with Crippen LogP contribution in [0.2, 0.25) is 0 Å². The normalized spacial score (nSPS) is 17.5. The second kappa shape index (κ2) is 10.2. The first-order valence-electron chi connectivity index (χ1n) is 6.90. The molecule has 1 aliphatic heterocycles. The van der Waals surface area contributed by atoms with Gasteiger partial charge in [0, 0.05) is 19.0 Å². The standard InChI is InChI=1S/C8H16N2O.C7H11NO/c1-4-8(11)9-6-5-7-10(2)3;1-3-8-5-4-6(2)7(8)9/h4H,1,5-7H2,2-3H3,(H,9,11);3,6H,1,4-5H2,2H3. The summed E-state index contributed by atoms with van der Waals surface area (Å²) in [5.74, 6) is 0.330. The van der Waals surface area contributed by atoms with Gasteiger partial charge in [-0.3, -0.25) is 9.59 Å². The fourth-order valence-corrected chi connectivity index (χ4v) is 1.71. The minimum atomic E-state index is -0.0937. The molecule has 1 saturated heterocycles. The van der Waals surface area contributed by atoms with Crippen LogP contribution in [0.3, 0.4) is 0 Å². The predicted octanol–water partition coefficient (Wildman–Crippen LogP) is 1.24. The SMILES string of the molecule is C=CC(=O)NCCCN(C)C.C=CN1CCC(C)C1=O. The van der Waals surface area contributed by atoms with Gasteiger partial charge in [0.25, 0.3) is 0 Å². The number of likely N-dealkylation sites (tertiary alicyclic amines) is 1. The van der Waals surface area contributed by atoms with E-state index in [1.54, 1.807) is 11.1 Å². The Bertz CT molecular complexity index is 340. The molecule has 0 aromatic rings. The van der Waals surface area contributed by atoms with Crippen LogP contribution in [0.25, 0.3) is 0 Å². The highest BCUT2D eigenvalue weighted by Gasteiger charge is 2.25. The molecule has 1 rings (SSSR count). The predicted molar refractivity (Wildman–Crippen MR) is 82.1 cm³/mol. The summed E-state index contributed by atoms with van der Waals surface area (Å²) in [7, 11) is 4.02. The maximum absolute atomic E-state index is 11.0. The summed E-state index contributed by atoms with van der Waals surface area (Å²) in [5.41, 5.74) is 0. The average Bonchev–Trinajstić information content (AvgIpc) is 2.75. The molecule has 0 bridgehead atoms. The lowest BCUT2D eigenvalue weighted by Gasteiger charge is -2.08. The van der Waals surface area contributed by atoms with Crippen molar-refractivity contribution >= 4 is 11.8 Å². The lowest BCUT2D eigenvalue weighted by molar-refractivity contribution is -0.128. The van der Waals surface area contributed by atoms with Gasteiger partial charge in [-0.25, -0.2) is 0 Å². The topological polar surface area (TPSA) is 52.7 Å². The third kappa shape index (κ3) is 7.74. The number of carbonyl (C=O) groups excluding carboxylic acids is 2. The quantitative estimate of drug-likeness (QED) is 0.589. The van der Waals surface area contributed by atoms with Crippen LogP contribution in [0, 0.1) is 5.92 Å². The molecule has 1 unspecified atom stereocenters. The number of carbonyl (C=O) groups is 2. The maximum Gasteiger partial charge on any atom is 0.243 e. The van der Waals surface area contributed by atoms with E-state index in [2.05, 4.69) is 23.4 Å². The fraction of sp³-hybridized carbons (Fsp3) is 0.600. The molecule has 114 valence electrons. The Morgan fingerprint density at radius 1 is 1.50 bits per heavy atom. The van der Waals surface area contributed by atoms with Crippen LogP contribution in [0.5, 0.6) is 0 Å². The molecule has 0 aromatic heterocycles. The Balaban J connectivity index is 0.000000367. The second-order valence-electron chi connectivity index (χ2n) is 5.06. The summed E-state index contributed by atoms with van der Waals surface area (Å²) in [6, 6.07) is 0. The van der Waals surface area contributed by atoms with Crippen LogP contribution in [0.4, 0.5) is 0 Å². The Labute approximate surface area is 122 Å². The van der Waals surface area contributed by atoms with E-state index in [4.69, 9.17) is 0 Å². The van der Waals surface area contributed by atoms with Gasteiger partial charge in [-0.1, -0.05) is 20.1 Å². The van der Waals surface area contributed by atoms with E-state index >= 15 is 0 Å². The van der Waals surface area contributed by atoms with Crippen molar-refractivity contribution in [3.8, 4) is 0 Å². The van der Waals surface area contributed by atoms with Crippen molar-refractivity contribution < 1.29 is 9.59 Å². The Hall–Kier alpha value is -1.62.